The minimum atomic E-state index is -1.14. The molecule has 4 aromatic rings. The number of benzene rings is 4. The fraction of sp³-hybridized carbons (Fsp3) is 0.0714. The molecule has 0 unspecified atom stereocenters. The Bertz CT molecular complexity index is 988. The maximum absolute atomic E-state index is 12.5. The third kappa shape index (κ3) is 5.86. The Labute approximate surface area is 192 Å². The van der Waals surface area contributed by atoms with Gasteiger partial charge in [-0.2, -0.15) is 0 Å². The number of hydrogen-bond donors (Lipinski definition) is 0. The average molecular weight is 438 g/mol. The van der Waals surface area contributed by atoms with E-state index in [1.54, 1.807) is 0 Å². The predicted molar refractivity (Wildman–Crippen MR) is 124 cm³/mol. The lowest BCUT2D eigenvalue weighted by molar-refractivity contribution is 0.0135. The fourth-order valence-corrected chi connectivity index (χ4v) is 3.48. The molecule has 0 aromatic heterocycles. The van der Waals surface area contributed by atoms with E-state index < -0.39 is 24.5 Å². The quantitative estimate of drug-likeness (QED) is 0.243. The molecule has 4 rings (SSSR count). The molecule has 0 aliphatic heterocycles. The van der Waals surface area contributed by atoms with Crippen LogP contribution in [0.15, 0.2) is 121 Å². The highest BCUT2D eigenvalue weighted by atomic mass is 16.8. The van der Waals surface area contributed by atoms with Gasteiger partial charge in [-0.15, -0.1) is 0 Å². The summed E-state index contributed by atoms with van der Waals surface area (Å²) in [6, 6.07) is 36.9. The van der Waals surface area contributed by atoms with Crippen molar-refractivity contribution in [2.75, 3.05) is 0 Å². The molecule has 0 spiro atoms. The highest BCUT2D eigenvalue weighted by molar-refractivity contribution is 5.77. The van der Waals surface area contributed by atoms with Gasteiger partial charge in [0, 0.05) is 0 Å². The van der Waals surface area contributed by atoms with Crippen LogP contribution in [-0.2, 0) is 14.2 Å². The van der Waals surface area contributed by atoms with Crippen molar-refractivity contribution < 1.29 is 23.8 Å². The van der Waals surface area contributed by atoms with Crippen LogP contribution in [0.5, 0.6) is 0 Å². The van der Waals surface area contributed by atoms with Gasteiger partial charge in [-0.05, 0) is 22.3 Å². The van der Waals surface area contributed by atoms with Gasteiger partial charge in [0.1, 0.15) is 0 Å². The van der Waals surface area contributed by atoms with E-state index in [1.165, 1.54) is 0 Å². The van der Waals surface area contributed by atoms with Crippen LogP contribution in [0.2, 0.25) is 0 Å². The standard InChI is InChI=1S/C28H22O5/c29-27(31-25(21-13-5-1-6-14-21)22-15-7-2-8-16-22)33-28(30)32-26(23-17-9-3-10-18-23)24-19-11-4-12-20-24/h1-20,25-26H. The smallest absolute Gasteiger partial charge is 0.421 e. The van der Waals surface area contributed by atoms with Crippen LogP contribution in [0.25, 0.3) is 0 Å². The van der Waals surface area contributed by atoms with Gasteiger partial charge in [-0.1, -0.05) is 121 Å². The van der Waals surface area contributed by atoms with E-state index in [0.29, 0.717) is 0 Å². The lowest BCUT2D eigenvalue weighted by Crippen LogP contribution is -2.20. The van der Waals surface area contributed by atoms with E-state index in [4.69, 9.17) is 14.2 Å². The van der Waals surface area contributed by atoms with Crippen molar-refractivity contribution in [1.29, 1.82) is 0 Å². The molecule has 0 aliphatic rings. The number of hydrogen-bond acceptors (Lipinski definition) is 5. The van der Waals surface area contributed by atoms with Gasteiger partial charge in [-0.25, -0.2) is 9.59 Å². The number of carbonyl (C=O) groups excluding carboxylic acids is 2. The largest absolute Gasteiger partial charge is 0.519 e. The monoisotopic (exact) mass is 438 g/mol. The van der Waals surface area contributed by atoms with E-state index in [9.17, 15) is 9.59 Å². The molecule has 0 amide bonds. The van der Waals surface area contributed by atoms with Crippen molar-refractivity contribution in [3.63, 3.8) is 0 Å². The summed E-state index contributed by atoms with van der Waals surface area (Å²) in [6.07, 6.45) is -3.74. The molecular formula is C28H22O5. The zero-order valence-electron chi connectivity index (χ0n) is 17.7. The minimum absolute atomic E-state index is 0.730. The molecule has 5 heteroatoms. The zero-order chi connectivity index (χ0) is 22.9. The van der Waals surface area contributed by atoms with Gasteiger partial charge in [0.2, 0.25) is 0 Å². The van der Waals surface area contributed by atoms with Gasteiger partial charge in [0.05, 0.1) is 0 Å². The van der Waals surface area contributed by atoms with Crippen LogP contribution < -0.4 is 0 Å². The molecular weight excluding hydrogens is 416 g/mol. The third-order valence-corrected chi connectivity index (χ3v) is 5.00. The van der Waals surface area contributed by atoms with E-state index in [-0.39, 0.29) is 0 Å². The van der Waals surface area contributed by atoms with Crippen molar-refractivity contribution in [2.45, 2.75) is 12.2 Å². The molecule has 0 saturated carbocycles. The Morgan fingerprint density at radius 3 is 0.909 bits per heavy atom. The summed E-state index contributed by atoms with van der Waals surface area (Å²) in [5.41, 5.74) is 3.00. The summed E-state index contributed by atoms with van der Waals surface area (Å²) in [7, 11) is 0. The zero-order valence-corrected chi connectivity index (χ0v) is 17.7. The van der Waals surface area contributed by atoms with Gasteiger partial charge < -0.3 is 14.2 Å². The van der Waals surface area contributed by atoms with Crippen molar-refractivity contribution in [3.05, 3.63) is 144 Å². The van der Waals surface area contributed by atoms with Crippen LogP contribution in [0.4, 0.5) is 9.59 Å². The van der Waals surface area contributed by atoms with E-state index in [0.717, 1.165) is 22.3 Å². The Kier molecular flexibility index (Phi) is 7.13. The van der Waals surface area contributed by atoms with Gasteiger partial charge >= 0.3 is 12.3 Å². The SMILES string of the molecule is O=C(OC(=O)OC(c1ccccc1)c1ccccc1)OC(c1ccccc1)c1ccccc1. The lowest BCUT2D eigenvalue weighted by Gasteiger charge is -2.20. The Morgan fingerprint density at radius 1 is 0.424 bits per heavy atom. The molecule has 0 bridgehead atoms. The van der Waals surface area contributed by atoms with Crippen LogP contribution in [-0.4, -0.2) is 12.3 Å². The first-order valence-electron chi connectivity index (χ1n) is 10.5. The molecule has 164 valence electrons. The molecule has 4 aromatic carbocycles. The summed E-state index contributed by atoms with van der Waals surface area (Å²) in [5, 5.41) is 0. The summed E-state index contributed by atoms with van der Waals surface area (Å²) in [4.78, 5) is 25.0. The molecule has 0 radical (unpaired) electrons. The summed E-state index contributed by atoms with van der Waals surface area (Å²) in [5.74, 6) is 0. The first kappa shape index (κ1) is 21.8. The summed E-state index contributed by atoms with van der Waals surface area (Å²) < 4.78 is 15.9. The van der Waals surface area contributed by atoms with E-state index in [1.807, 2.05) is 121 Å². The normalized spacial score (nSPS) is 10.6. The van der Waals surface area contributed by atoms with Crippen molar-refractivity contribution >= 4 is 12.3 Å². The second kappa shape index (κ2) is 10.8. The Morgan fingerprint density at radius 2 is 0.667 bits per heavy atom. The Hall–Kier alpha value is -4.38. The summed E-state index contributed by atoms with van der Waals surface area (Å²) in [6.45, 7) is 0. The first-order valence-corrected chi connectivity index (χ1v) is 10.5. The molecule has 0 heterocycles. The molecule has 0 fully saturated rings. The molecule has 0 aliphatic carbocycles. The highest BCUT2D eigenvalue weighted by Gasteiger charge is 2.25. The fourth-order valence-electron chi connectivity index (χ4n) is 3.48. The third-order valence-electron chi connectivity index (χ3n) is 5.00. The van der Waals surface area contributed by atoms with Crippen LogP contribution in [0.1, 0.15) is 34.5 Å². The number of rotatable bonds is 6. The van der Waals surface area contributed by atoms with Gasteiger partial charge in [-0.3, -0.25) is 0 Å². The topological polar surface area (TPSA) is 61.8 Å². The molecule has 33 heavy (non-hydrogen) atoms. The van der Waals surface area contributed by atoms with Crippen molar-refractivity contribution in [1.82, 2.24) is 0 Å². The second-order valence-corrected chi connectivity index (χ2v) is 7.24. The Balaban J connectivity index is 1.48. The molecule has 0 saturated heterocycles. The maximum Gasteiger partial charge on any atom is 0.519 e. The predicted octanol–water partition coefficient (Wildman–Crippen LogP) is 6.86. The second-order valence-electron chi connectivity index (χ2n) is 7.24. The van der Waals surface area contributed by atoms with Crippen molar-refractivity contribution in [2.24, 2.45) is 0 Å². The van der Waals surface area contributed by atoms with Crippen LogP contribution >= 0.6 is 0 Å². The average Bonchev–Trinajstić information content (AvgIpc) is 2.88. The molecule has 0 N–H and O–H groups in total. The highest BCUT2D eigenvalue weighted by Crippen LogP contribution is 2.28. The van der Waals surface area contributed by atoms with Gasteiger partial charge in [0.15, 0.2) is 12.2 Å². The van der Waals surface area contributed by atoms with Gasteiger partial charge in [0.25, 0.3) is 0 Å². The van der Waals surface area contributed by atoms with E-state index >= 15 is 0 Å². The van der Waals surface area contributed by atoms with Crippen LogP contribution in [0.3, 0.4) is 0 Å². The number of carbonyl (C=O) groups is 2. The molecule has 0 atom stereocenters. The van der Waals surface area contributed by atoms with Crippen LogP contribution in [0, 0.1) is 0 Å². The maximum atomic E-state index is 12.5. The van der Waals surface area contributed by atoms with Crippen molar-refractivity contribution in [3.8, 4) is 0 Å². The van der Waals surface area contributed by atoms with E-state index in [2.05, 4.69) is 0 Å². The minimum Gasteiger partial charge on any atom is -0.421 e. The first-order chi connectivity index (χ1) is 16.2. The lowest BCUT2D eigenvalue weighted by atomic mass is 10.0. The number of ether oxygens (including phenoxy) is 3. The molecule has 5 nitrogen and oxygen atoms in total. The summed E-state index contributed by atoms with van der Waals surface area (Å²) >= 11 is 0.